The fraction of sp³-hybridized carbons (Fsp3) is 1.00. The van der Waals surface area contributed by atoms with E-state index >= 15 is 0 Å². The monoisotopic (exact) mass is 170 g/mol. The molecule has 1 aliphatic carbocycles. The van der Waals surface area contributed by atoms with Crippen molar-refractivity contribution >= 4 is 0 Å². The molecule has 0 spiro atoms. The summed E-state index contributed by atoms with van der Waals surface area (Å²) in [5.41, 5.74) is 0. The minimum absolute atomic E-state index is 0.0606. The predicted octanol–water partition coefficient (Wildman–Crippen LogP) is 0.197. The van der Waals surface area contributed by atoms with E-state index in [1.807, 2.05) is 0 Å². The molecule has 2 fully saturated rings. The predicted molar refractivity (Wildman–Crippen MR) is 47.8 cm³/mol. The first-order chi connectivity index (χ1) is 5.75. The molecule has 1 saturated carbocycles. The molecule has 2 unspecified atom stereocenters. The lowest BCUT2D eigenvalue weighted by molar-refractivity contribution is 0.154. The molecular formula is C9H18N2O. The summed E-state index contributed by atoms with van der Waals surface area (Å²) in [6, 6.07) is 1.19. The third-order valence-corrected chi connectivity index (χ3v) is 3.04. The zero-order valence-electron chi connectivity index (χ0n) is 7.59. The quantitative estimate of drug-likeness (QED) is 0.486. The van der Waals surface area contributed by atoms with E-state index in [0.29, 0.717) is 18.2 Å². The summed E-state index contributed by atoms with van der Waals surface area (Å²) in [7, 11) is 0. The van der Waals surface area contributed by atoms with E-state index in [1.165, 1.54) is 0 Å². The summed E-state index contributed by atoms with van der Waals surface area (Å²) < 4.78 is 0. The van der Waals surface area contributed by atoms with Crippen LogP contribution in [0.15, 0.2) is 0 Å². The van der Waals surface area contributed by atoms with Gasteiger partial charge in [0.25, 0.3) is 0 Å². The third-order valence-electron chi connectivity index (χ3n) is 3.04. The number of aliphatic hydroxyl groups excluding tert-OH is 1. The normalized spacial score (nSPS) is 48.5. The van der Waals surface area contributed by atoms with Gasteiger partial charge in [-0.05, 0) is 32.6 Å². The Hall–Kier alpha value is -0.120. The third kappa shape index (κ3) is 1.63. The maximum Gasteiger partial charge on any atom is 0.0547 e. The van der Waals surface area contributed by atoms with Crippen molar-refractivity contribution in [3.63, 3.8) is 0 Å². The standard InChI is InChI=1S/C9H18N2O/c1-6-10-8-4-2-7(12)3-5-9(8)11-6/h6-12H,2-5H2,1H3. The van der Waals surface area contributed by atoms with E-state index in [2.05, 4.69) is 17.6 Å². The Kier molecular flexibility index (Phi) is 2.35. The molecule has 12 heavy (non-hydrogen) atoms. The van der Waals surface area contributed by atoms with Crippen molar-refractivity contribution in [1.82, 2.24) is 10.6 Å². The molecular weight excluding hydrogens is 152 g/mol. The fourth-order valence-corrected chi connectivity index (χ4v) is 2.38. The van der Waals surface area contributed by atoms with Gasteiger partial charge in [0.05, 0.1) is 12.3 Å². The maximum atomic E-state index is 9.45. The van der Waals surface area contributed by atoms with E-state index in [4.69, 9.17) is 0 Å². The second kappa shape index (κ2) is 3.32. The molecule has 1 aliphatic heterocycles. The molecule has 1 saturated heterocycles. The van der Waals surface area contributed by atoms with Crippen LogP contribution in [0.4, 0.5) is 0 Å². The van der Waals surface area contributed by atoms with E-state index in [-0.39, 0.29) is 6.10 Å². The fourth-order valence-electron chi connectivity index (χ4n) is 2.38. The molecule has 0 amide bonds. The Morgan fingerprint density at radius 1 is 1.00 bits per heavy atom. The lowest BCUT2D eigenvalue weighted by Crippen LogP contribution is -2.31. The lowest BCUT2D eigenvalue weighted by atomic mass is 10.1. The van der Waals surface area contributed by atoms with Crippen LogP contribution in [-0.4, -0.2) is 29.5 Å². The molecule has 3 nitrogen and oxygen atoms in total. The molecule has 3 N–H and O–H groups in total. The second-order valence-electron chi connectivity index (χ2n) is 4.08. The second-order valence-corrected chi connectivity index (χ2v) is 4.08. The van der Waals surface area contributed by atoms with Gasteiger partial charge in [0.2, 0.25) is 0 Å². The van der Waals surface area contributed by atoms with Crippen molar-refractivity contribution in [3.8, 4) is 0 Å². The number of rotatable bonds is 0. The summed E-state index contributed by atoms with van der Waals surface area (Å²) >= 11 is 0. The molecule has 1 heterocycles. The van der Waals surface area contributed by atoms with E-state index < -0.39 is 0 Å². The molecule has 2 rings (SSSR count). The van der Waals surface area contributed by atoms with Gasteiger partial charge in [-0.15, -0.1) is 0 Å². The number of aliphatic hydroxyl groups is 1. The molecule has 3 heteroatoms. The average Bonchev–Trinajstić information content (AvgIpc) is 2.31. The number of fused-ring (bicyclic) bond motifs is 1. The average molecular weight is 170 g/mol. The van der Waals surface area contributed by atoms with Crippen LogP contribution in [0.2, 0.25) is 0 Å². The Balaban J connectivity index is 1.95. The molecule has 0 aromatic carbocycles. The summed E-state index contributed by atoms with van der Waals surface area (Å²) in [4.78, 5) is 0. The van der Waals surface area contributed by atoms with Gasteiger partial charge in [-0.2, -0.15) is 0 Å². The number of nitrogens with one attached hydrogen (secondary N) is 2. The van der Waals surface area contributed by atoms with Gasteiger partial charge in [-0.3, -0.25) is 10.6 Å². The van der Waals surface area contributed by atoms with Crippen molar-refractivity contribution in [2.75, 3.05) is 0 Å². The van der Waals surface area contributed by atoms with Gasteiger partial charge in [0.15, 0.2) is 0 Å². The van der Waals surface area contributed by atoms with E-state index in [0.717, 1.165) is 25.7 Å². The minimum atomic E-state index is -0.0606. The zero-order valence-corrected chi connectivity index (χ0v) is 7.59. The number of hydrogen-bond acceptors (Lipinski definition) is 3. The first kappa shape index (κ1) is 8.48. The highest BCUT2D eigenvalue weighted by Gasteiger charge is 2.32. The van der Waals surface area contributed by atoms with Crippen LogP contribution in [-0.2, 0) is 0 Å². The van der Waals surface area contributed by atoms with Gasteiger partial charge in [0.1, 0.15) is 0 Å². The van der Waals surface area contributed by atoms with Crippen LogP contribution < -0.4 is 10.6 Å². The molecule has 0 bridgehead atoms. The molecule has 0 radical (unpaired) electrons. The summed E-state index contributed by atoms with van der Waals surface area (Å²) in [6.07, 6.45) is 4.54. The highest BCUT2D eigenvalue weighted by molar-refractivity contribution is 4.93. The van der Waals surface area contributed by atoms with Gasteiger partial charge in [-0.1, -0.05) is 0 Å². The van der Waals surface area contributed by atoms with Crippen LogP contribution in [0, 0.1) is 0 Å². The van der Waals surface area contributed by atoms with Gasteiger partial charge >= 0.3 is 0 Å². The molecule has 2 atom stereocenters. The van der Waals surface area contributed by atoms with Crippen LogP contribution in [0.25, 0.3) is 0 Å². The Labute approximate surface area is 73.5 Å². The topological polar surface area (TPSA) is 44.3 Å². The maximum absolute atomic E-state index is 9.45. The highest BCUT2D eigenvalue weighted by Crippen LogP contribution is 2.22. The van der Waals surface area contributed by atoms with Crippen molar-refractivity contribution in [1.29, 1.82) is 0 Å². The molecule has 70 valence electrons. The molecule has 2 aliphatic rings. The summed E-state index contributed by atoms with van der Waals surface area (Å²) in [6.45, 7) is 2.16. The van der Waals surface area contributed by atoms with Crippen LogP contribution >= 0.6 is 0 Å². The zero-order chi connectivity index (χ0) is 8.55. The summed E-state index contributed by atoms with van der Waals surface area (Å²) in [5, 5.41) is 16.4. The molecule has 0 aromatic rings. The first-order valence-electron chi connectivity index (χ1n) is 4.96. The van der Waals surface area contributed by atoms with Gasteiger partial charge in [-0.25, -0.2) is 0 Å². The first-order valence-corrected chi connectivity index (χ1v) is 4.96. The number of hydrogen-bond donors (Lipinski definition) is 3. The van der Waals surface area contributed by atoms with Crippen LogP contribution in [0.5, 0.6) is 0 Å². The Morgan fingerprint density at radius 2 is 1.50 bits per heavy atom. The lowest BCUT2D eigenvalue weighted by Gasteiger charge is -2.13. The van der Waals surface area contributed by atoms with Crippen molar-refractivity contribution < 1.29 is 5.11 Å². The smallest absolute Gasteiger partial charge is 0.0547 e. The van der Waals surface area contributed by atoms with Gasteiger partial charge < -0.3 is 5.11 Å². The Morgan fingerprint density at radius 3 is 2.00 bits per heavy atom. The van der Waals surface area contributed by atoms with E-state index in [1.54, 1.807) is 0 Å². The Bertz CT molecular complexity index is 147. The molecule has 0 aromatic heterocycles. The van der Waals surface area contributed by atoms with Crippen molar-refractivity contribution in [2.24, 2.45) is 0 Å². The van der Waals surface area contributed by atoms with Gasteiger partial charge in [0, 0.05) is 12.1 Å². The highest BCUT2D eigenvalue weighted by atomic mass is 16.3. The van der Waals surface area contributed by atoms with Crippen molar-refractivity contribution in [2.45, 2.75) is 57.0 Å². The SMILES string of the molecule is CC1NC2CCC(O)CCC2N1. The van der Waals surface area contributed by atoms with E-state index in [9.17, 15) is 5.11 Å². The van der Waals surface area contributed by atoms with Crippen molar-refractivity contribution in [3.05, 3.63) is 0 Å². The largest absolute Gasteiger partial charge is 0.393 e. The summed E-state index contributed by atoms with van der Waals surface area (Å²) in [5.74, 6) is 0. The minimum Gasteiger partial charge on any atom is -0.393 e. The van der Waals surface area contributed by atoms with Crippen LogP contribution in [0.3, 0.4) is 0 Å². The van der Waals surface area contributed by atoms with Crippen LogP contribution in [0.1, 0.15) is 32.6 Å².